The topological polar surface area (TPSA) is 62.6 Å². The van der Waals surface area contributed by atoms with Gasteiger partial charge in [-0.1, -0.05) is 19.8 Å². The summed E-state index contributed by atoms with van der Waals surface area (Å²) in [7, 11) is 0. The van der Waals surface area contributed by atoms with Crippen LogP contribution in [0.2, 0.25) is 0 Å². The van der Waals surface area contributed by atoms with E-state index in [1.54, 1.807) is 17.2 Å². The maximum atomic E-state index is 12.8. The van der Waals surface area contributed by atoms with Gasteiger partial charge in [-0.3, -0.25) is 9.59 Å². The number of carbonyl (C=O) groups excluding carboxylic acids is 2. The third-order valence-electron chi connectivity index (χ3n) is 4.74. The summed E-state index contributed by atoms with van der Waals surface area (Å²) >= 11 is 0. The van der Waals surface area contributed by atoms with Gasteiger partial charge in [0.25, 0.3) is 0 Å². The van der Waals surface area contributed by atoms with Crippen LogP contribution < -0.4 is 5.32 Å². The van der Waals surface area contributed by atoms with Crippen molar-refractivity contribution in [1.82, 2.24) is 10.2 Å². The van der Waals surface area contributed by atoms with Gasteiger partial charge in [0.2, 0.25) is 11.8 Å². The molecule has 1 aromatic heterocycles. The predicted molar refractivity (Wildman–Crippen MR) is 84.0 cm³/mol. The van der Waals surface area contributed by atoms with Crippen LogP contribution in [0.1, 0.15) is 58.6 Å². The number of hydrogen-bond donors (Lipinski definition) is 1. The van der Waals surface area contributed by atoms with E-state index in [2.05, 4.69) is 5.32 Å². The molecule has 0 unspecified atom stereocenters. The molecule has 1 fully saturated rings. The molecule has 1 heterocycles. The molecule has 0 aromatic carbocycles. The van der Waals surface area contributed by atoms with Crippen LogP contribution in [0, 0.1) is 0 Å². The van der Waals surface area contributed by atoms with Crippen LogP contribution in [0.3, 0.4) is 0 Å². The molecule has 0 spiro atoms. The molecule has 1 saturated carbocycles. The van der Waals surface area contributed by atoms with E-state index in [-0.39, 0.29) is 17.9 Å². The van der Waals surface area contributed by atoms with Crippen molar-refractivity contribution >= 4 is 11.8 Å². The van der Waals surface area contributed by atoms with Gasteiger partial charge in [0.1, 0.15) is 11.3 Å². The summed E-state index contributed by atoms with van der Waals surface area (Å²) in [6.45, 7) is 5.58. The van der Waals surface area contributed by atoms with E-state index < -0.39 is 5.54 Å². The van der Waals surface area contributed by atoms with Gasteiger partial charge < -0.3 is 14.6 Å². The highest BCUT2D eigenvalue weighted by Gasteiger charge is 2.40. The zero-order valence-corrected chi connectivity index (χ0v) is 13.7. The minimum Gasteiger partial charge on any atom is -0.467 e. The quantitative estimate of drug-likeness (QED) is 0.879. The lowest BCUT2D eigenvalue weighted by Gasteiger charge is -2.39. The van der Waals surface area contributed by atoms with Gasteiger partial charge in [0.15, 0.2) is 0 Å². The van der Waals surface area contributed by atoms with Crippen molar-refractivity contribution in [2.24, 2.45) is 0 Å². The molecule has 5 nitrogen and oxygen atoms in total. The lowest BCUT2D eigenvalue weighted by molar-refractivity contribution is -0.147. The van der Waals surface area contributed by atoms with Gasteiger partial charge in [0.05, 0.1) is 12.8 Å². The van der Waals surface area contributed by atoms with E-state index in [4.69, 9.17) is 4.42 Å². The second kappa shape index (κ2) is 6.99. The monoisotopic (exact) mass is 306 g/mol. The van der Waals surface area contributed by atoms with Crippen molar-refractivity contribution in [3.8, 4) is 0 Å². The molecule has 0 saturated heterocycles. The largest absolute Gasteiger partial charge is 0.467 e. The van der Waals surface area contributed by atoms with E-state index in [1.807, 2.05) is 19.9 Å². The first-order valence-electron chi connectivity index (χ1n) is 8.09. The molecule has 1 aliphatic rings. The van der Waals surface area contributed by atoms with Crippen LogP contribution in [0.15, 0.2) is 22.8 Å². The minimum absolute atomic E-state index is 0.0661. The average Bonchev–Trinajstić information content (AvgIpc) is 3.16. The maximum Gasteiger partial charge on any atom is 0.245 e. The number of furan rings is 1. The predicted octanol–water partition coefficient (Wildman–Crippen LogP) is 2.86. The van der Waals surface area contributed by atoms with Gasteiger partial charge in [-0.25, -0.2) is 0 Å². The Morgan fingerprint density at radius 3 is 2.59 bits per heavy atom. The number of amides is 2. The number of nitrogens with zero attached hydrogens (tertiary/aromatic N) is 1. The van der Waals surface area contributed by atoms with Gasteiger partial charge in [0, 0.05) is 13.0 Å². The fraction of sp³-hybridized carbons (Fsp3) is 0.647. The van der Waals surface area contributed by atoms with Gasteiger partial charge in [-0.05, 0) is 38.3 Å². The number of hydrogen-bond acceptors (Lipinski definition) is 3. The first-order valence-corrected chi connectivity index (χ1v) is 8.09. The molecule has 2 amide bonds. The van der Waals surface area contributed by atoms with E-state index in [1.165, 1.54) is 6.92 Å². The molecule has 1 atom stereocenters. The number of nitrogens with one attached hydrogen (secondary N) is 1. The van der Waals surface area contributed by atoms with Crippen LogP contribution in [-0.4, -0.2) is 28.3 Å². The molecular formula is C17H26N2O3. The Labute approximate surface area is 132 Å². The summed E-state index contributed by atoms with van der Waals surface area (Å²) in [5.74, 6) is 0.495. The Morgan fingerprint density at radius 1 is 1.41 bits per heavy atom. The zero-order valence-electron chi connectivity index (χ0n) is 13.7. The summed E-state index contributed by atoms with van der Waals surface area (Å²) in [5.41, 5.74) is -0.860. The van der Waals surface area contributed by atoms with Crippen molar-refractivity contribution in [3.63, 3.8) is 0 Å². The van der Waals surface area contributed by atoms with E-state index in [9.17, 15) is 9.59 Å². The molecule has 0 aliphatic heterocycles. The molecule has 1 aliphatic carbocycles. The molecule has 1 aromatic rings. The molecule has 5 heteroatoms. The van der Waals surface area contributed by atoms with Crippen LogP contribution in [0.25, 0.3) is 0 Å². The Kier molecular flexibility index (Phi) is 5.27. The fourth-order valence-electron chi connectivity index (χ4n) is 3.08. The Hall–Kier alpha value is -1.78. The SMILES string of the molecule is CC[C@](C)(C(=O)NC1CCCC1)N(Cc1ccco1)C(C)=O. The highest BCUT2D eigenvalue weighted by molar-refractivity contribution is 5.90. The molecule has 1 N–H and O–H groups in total. The first-order chi connectivity index (χ1) is 10.5. The standard InChI is InChI=1S/C17H26N2O3/c1-4-17(3,16(21)18-14-8-5-6-9-14)19(13(2)20)12-15-10-7-11-22-15/h7,10-11,14H,4-6,8-9,12H2,1-3H3,(H,18,21)/t17-/m1/s1. The van der Waals surface area contributed by atoms with Crippen LogP contribution in [-0.2, 0) is 16.1 Å². The molecule has 22 heavy (non-hydrogen) atoms. The third-order valence-corrected chi connectivity index (χ3v) is 4.74. The van der Waals surface area contributed by atoms with Crippen LogP contribution in [0.4, 0.5) is 0 Å². The van der Waals surface area contributed by atoms with Crippen molar-refractivity contribution in [2.45, 2.75) is 71.0 Å². The molecule has 0 radical (unpaired) electrons. The first kappa shape index (κ1) is 16.6. The smallest absolute Gasteiger partial charge is 0.245 e. The van der Waals surface area contributed by atoms with Crippen LogP contribution >= 0.6 is 0 Å². The normalized spacial score (nSPS) is 18.0. The molecule has 122 valence electrons. The minimum atomic E-state index is -0.860. The maximum absolute atomic E-state index is 12.8. The van der Waals surface area contributed by atoms with Crippen LogP contribution in [0.5, 0.6) is 0 Å². The van der Waals surface area contributed by atoms with Crippen molar-refractivity contribution in [1.29, 1.82) is 0 Å². The summed E-state index contributed by atoms with van der Waals surface area (Å²) < 4.78 is 5.34. The fourth-order valence-corrected chi connectivity index (χ4v) is 3.08. The van der Waals surface area contributed by atoms with E-state index in [0.717, 1.165) is 25.7 Å². The summed E-state index contributed by atoms with van der Waals surface area (Å²) in [5, 5.41) is 3.12. The molecule has 2 rings (SSSR count). The lowest BCUT2D eigenvalue weighted by atomic mass is 9.94. The highest BCUT2D eigenvalue weighted by Crippen LogP contribution is 2.25. The van der Waals surface area contributed by atoms with Gasteiger partial charge in [-0.2, -0.15) is 0 Å². The Bertz CT molecular complexity index is 506. The Balaban J connectivity index is 2.15. The van der Waals surface area contributed by atoms with Crippen molar-refractivity contribution < 1.29 is 14.0 Å². The summed E-state index contributed by atoms with van der Waals surface area (Å²) in [6.07, 6.45) is 6.53. The van der Waals surface area contributed by atoms with E-state index in [0.29, 0.717) is 18.7 Å². The van der Waals surface area contributed by atoms with Crippen molar-refractivity contribution in [2.75, 3.05) is 0 Å². The zero-order chi connectivity index (χ0) is 16.2. The van der Waals surface area contributed by atoms with E-state index >= 15 is 0 Å². The average molecular weight is 306 g/mol. The highest BCUT2D eigenvalue weighted by atomic mass is 16.3. The second-order valence-electron chi connectivity index (χ2n) is 6.27. The van der Waals surface area contributed by atoms with Gasteiger partial charge >= 0.3 is 0 Å². The second-order valence-corrected chi connectivity index (χ2v) is 6.27. The molecule has 0 bridgehead atoms. The summed E-state index contributed by atoms with van der Waals surface area (Å²) in [6, 6.07) is 3.85. The number of rotatable bonds is 6. The number of carbonyl (C=O) groups is 2. The van der Waals surface area contributed by atoms with Crippen molar-refractivity contribution in [3.05, 3.63) is 24.2 Å². The van der Waals surface area contributed by atoms with Gasteiger partial charge in [-0.15, -0.1) is 0 Å². The third kappa shape index (κ3) is 3.51. The summed E-state index contributed by atoms with van der Waals surface area (Å²) in [4.78, 5) is 26.5. The Morgan fingerprint density at radius 2 is 2.09 bits per heavy atom. The lowest BCUT2D eigenvalue weighted by Crippen LogP contribution is -2.59. The molecular weight excluding hydrogens is 280 g/mol.